The number of hydrogen-bond acceptors (Lipinski definition) is 3. The van der Waals surface area contributed by atoms with Gasteiger partial charge in [-0.25, -0.2) is 4.68 Å². The van der Waals surface area contributed by atoms with Gasteiger partial charge in [0.1, 0.15) is 5.69 Å². The van der Waals surface area contributed by atoms with Gasteiger partial charge in [-0.3, -0.25) is 9.89 Å². The lowest BCUT2D eigenvalue weighted by Crippen LogP contribution is -2.17. The monoisotopic (exact) mass is 287 g/mol. The summed E-state index contributed by atoms with van der Waals surface area (Å²) >= 11 is 0. The number of aromatic amines is 1. The van der Waals surface area contributed by atoms with Crippen molar-refractivity contribution in [2.75, 3.05) is 12.8 Å². The molecule has 0 aliphatic rings. The number of alkyl halides is 3. The van der Waals surface area contributed by atoms with Crippen LogP contribution in [0.25, 0.3) is 5.69 Å². The van der Waals surface area contributed by atoms with Crippen LogP contribution in [0.5, 0.6) is 0 Å². The zero-order valence-electron chi connectivity index (χ0n) is 10.5. The second-order valence-electron chi connectivity index (χ2n) is 4.13. The Morgan fingerprint density at radius 1 is 1.40 bits per heavy atom. The SMILES string of the molecule is COCc1[nH]n(-c2cccc(C(F)(F)F)c2)c(=O)c1N. The molecule has 1 aromatic carbocycles. The molecule has 5 nitrogen and oxygen atoms in total. The number of H-pyrrole nitrogens is 1. The van der Waals surface area contributed by atoms with Gasteiger partial charge in [0, 0.05) is 7.11 Å². The molecule has 2 aromatic rings. The molecule has 2 rings (SSSR count). The minimum atomic E-state index is -4.48. The Morgan fingerprint density at radius 3 is 2.70 bits per heavy atom. The van der Waals surface area contributed by atoms with E-state index in [1.807, 2.05) is 0 Å². The highest BCUT2D eigenvalue weighted by Gasteiger charge is 2.30. The van der Waals surface area contributed by atoms with Gasteiger partial charge in [0.2, 0.25) is 0 Å². The van der Waals surface area contributed by atoms with E-state index in [0.29, 0.717) is 5.69 Å². The molecule has 0 fully saturated rings. The minimum absolute atomic E-state index is 0.0545. The lowest BCUT2D eigenvalue weighted by atomic mass is 10.2. The molecule has 0 saturated heterocycles. The van der Waals surface area contributed by atoms with Gasteiger partial charge in [-0.05, 0) is 18.2 Å². The molecule has 0 amide bonds. The first-order valence-corrected chi connectivity index (χ1v) is 5.60. The zero-order chi connectivity index (χ0) is 14.9. The number of benzene rings is 1. The summed E-state index contributed by atoms with van der Waals surface area (Å²) < 4.78 is 43.7. The number of nitrogen functional groups attached to an aromatic ring is 1. The van der Waals surface area contributed by atoms with Crippen molar-refractivity contribution in [2.45, 2.75) is 12.8 Å². The van der Waals surface area contributed by atoms with Crippen LogP contribution in [-0.4, -0.2) is 16.9 Å². The second-order valence-corrected chi connectivity index (χ2v) is 4.13. The third kappa shape index (κ3) is 2.55. The van der Waals surface area contributed by atoms with E-state index in [0.717, 1.165) is 16.8 Å². The first kappa shape index (κ1) is 14.2. The predicted molar refractivity (Wildman–Crippen MR) is 66.5 cm³/mol. The zero-order valence-corrected chi connectivity index (χ0v) is 10.5. The number of methoxy groups -OCH3 is 1. The van der Waals surface area contributed by atoms with Crippen LogP contribution >= 0.6 is 0 Å². The molecule has 0 aliphatic heterocycles. The maximum Gasteiger partial charge on any atom is 0.416 e. The number of nitrogens with two attached hydrogens (primary N) is 1. The average molecular weight is 287 g/mol. The molecule has 8 heteroatoms. The third-order valence-electron chi connectivity index (χ3n) is 2.73. The van der Waals surface area contributed by atoms with Crippen molar-refractivity contribution >= 4 is 5.69 Å². The molecule has 0 unspecified atom stereocenters. The summed E-state index contributed by atoms with van der Waals surface area (Å²) in [7, 11) is 1.42. The highest BCUT2D eigenvalue weighted by Crippen LogP contribution is 2.30. The van der Waals surface area contributed by atoms with E-state index >= 15 is 0 Å². The van der Waals surface area contributed by atoms with Gasteiger partial charge in [-0.15, -0.1) is 0 Å². The van der Waals surface area contributed by atoms with Crippen molar-refractivity contribution in [3.63, 3.8) is 0 Å². The van der Waals surface area contributed by atoms with E-state index in [1.165, 1.54) is 19.2 Å². The van der Waals surface area contributed by atoms with Gasteiger partial charge >= 0.3 is 6.18 Å². The first-order valence-electron chi connectivity index (χ1n) is 5.60. The van der Waals surface area contributed by atoms with Crippen molar-refractivity contribution in [2.24, 2.45) is 0 Å². The fraction of sp³-hybridized carbons (Fsp3) is 0.250. The maximum absolute atomic E-state index is 12.6. The average Bonchev–Trinajstić information content (AvgIpc) is 2.67. The molecular formula is C12H12F3N3O2. The first-order chi connectivity index (χ1) is 9.34. The molecule has 1 aromatic heterocycles. The van der Waals surface area contributed by atoms with Crippen LogP contribution in [0.2, 0.25) is 0 Å². The van der Waals surface area contributed by atoms with Gasteiger partial charge in [0.25, 0.3) is 5.56 Å². The molecule has 0 atom stereocenters. The fourth-order valence-electron chi connectivity index (χ4n) is 1.75. The molecule has 0 spiro atoms. The molecule has 108 valence electrons. The van der Waals surface area contributed by atoms with Crippen LogP contribution in [0.1, 0.15) is 11.3 Å². The third-order valence-corrected chi connectivity index (χ3v) is 2.73. The summed E-state index contributed by atoms with van der Waals surface area (Å²) in [5.41, 5.74) is 4.42. The van der Waals surface area contributed by atoms with E-state index in [2.05, 4.69) is 5.10 Å². The smallest absolute Gasteiger partial charge is 0.393 e. The highest BCUT2D eigenvalue weighted by atomic mass is 19.4. The van der Waals surface area contributed by atoms with Crippen LogP contribution in [0.4, 0.5) is 18.9 Å². The van der Waals surface area contributed by atoms with Crippen LogP contribution in [0.15, 0.2) is 29.1 Å². The standard InChI is InChI=1S/C12H12F3N3O2/c1-20-6-9-10(16)11(19)18(17-9)8-4-2-3-7(5-8)12(13,14)15/h2-5,17H,6,16H2,1H3. The van der Waals surface area contributed by atoms with Crippen molar-refractivity contribution < 1.29 is 17.9 Å². The van der Waals surface area contributed by atoms with E-state index in [1.54, 1.807) is 0 Å². The second kappa shape index (κ2) is 5.04. The lowest BCUT2D eigenvalue weighted by molar-refractivity contribution is -0.137. The Morgan fingerprint density at radius 2 is 2.10 bits per heavy atom. The number of nitrogens with one attached hydrogen (secondary N) is 1. The van der Waals surface area contributed by atoms with Crippen molar-refractivity contribution in [1.82, 2.24) is 9.78 Å². The number of ether oxygens (including phenoxy) is 1. The van der Waals surface area contributed by atoms with E-state index in [4.69, 9.17) is 10.5 Å². The molecule has 0 bridgehead atoms. The summed E-state index contributed by atoms with van der Waals surface area (Å²) in [5, 5.41) is 2.63. The maximum atomic E-state index is 12.6. The van der Waals surface area contributed by atoms with Crippen molar-refractivity contribution in [3.8, 4) is 5.69 Å². The van der Waals surface area contributed by atoms with Crippen molar-refractivity contribution in [3.05, 3.63) is 45.9 Å². The van der Waals surface area contributed by atoms with Crippen LogP contribution in [0.3, 0.4) is 0 Å². The lowest BCUT2D eigenvalue weighted by Gasteiger charge is -2.08. The summed E-state index contributed by atoms with van der Waals surface area (Å²) in [6.07, 6.45) is -4.48. The normalized spacial score (nSPS) is 11.8. The number of rotatable bonds is 3. The van der Waals surface area contributed by atoms with Gasteiger partial charge in [-0.2, -0.15) is 13.2 Å². The summed E-state index contributed by atoms with van der Waals surface area (Å²) in [6, 6.07) is 4.39. The van der Waals surface area contributed by atoms with Crippen LogP contribution in [-0.2, 0) is 17.5 Å². The molecule has 3 N–H and O–H groups in total. The Kier molecular flexibility index (Phi) is 3.58. The molecule has 0 aliphatic carbocycles. The fourth-order valence-corrected chi connectivity index (χ4v) is 1.75. The summed E-state index contributed by atoms with van der Waals surface area (Å²) in [6.45, 7) is 0.0625. The van der Waals surface area contributed by atoms with Crippen LogP contribution in [0, 0.1) is 0 Å². The molecule has 0 saturated carbocycles. The molecule has 1 heterocycles. The molecule has 0 radical (unpaired) electrons. The Bertz CT molecular complexity index is 673. The van der Waals surface area contributed by atoms with Crippen LogP contribution < -0.4 is 11.3 Å². The largest absolute Gasteiger partial charge is 0.416 e. The number of halogens is 3. The summed E-state index contributed by atoms with van der Waals surface area (Å²) in [5.74, 6) is 0. The Balaban J connectivity index is 2.52. The number of nitrogens with zero attached hydrogens (tertiary/aromatic N) is 1. The van der Waals surface area contributed by atoms with Gasteiger partial charge in [0.05, 0.1) is 23.6 Å². The Hall–Kier alpha value is -2.22. The quantitative estimate of drug-likeness (QED) is 0.905. The molecule has 20 heavy (non-hydrogen) atoms. The number of hydrogen-bond donors (Lipinski definition) is 2. The highest BCUT2D eigenvalue weighted by molar-refractivity contribution is 5.45. The van der Waals surface area contributed by atoms with Gasteiger partial charge in [0.15, 0.2) is 0 Å². The number of aromatic nitrogens is 2. The van der Waals surface area contributed by atoms with Gasteiger partial charge < -0.3 is 10.5 Å². The van der Waals surface area contributed by atoms with Gasteiger partial charge in [-0.1, -0.05) is 6.07 Å². The van der Waals surface area contributed by atoms with E-state index in [-0.39, 0.29) is 18.0 Å². The van der Waals surface area contributed by atoms with Crippen molar-refractivity contribution in [1.29, 1.82) is 0 Å². The predicted octanol–water partition coefficient (Wildman–Crippen LogP) is 1.91. The topological polar surface area (TPSA) is 73.0 Å². The number of anilines is 1. The minimum Gasteiger partial charge on any atom is -0.393 e. The Labute approximate surface area is 111 Å². The van der Waals surface area contributed by atoms with E-state index < -0.39 is 17.3 Å². The summed E-state index contributed by atoms with van der Waals surface area (Å²) in [4.78, 5) is 11.9. The van der Waals surface area contributed by atoms with E-state index in [9.17, 15) is 18.0 Å². The molecular weight excluding hydrogens is 275 g/mol.